The Morgan fingerprint density at radius 2 is 2.31 bits per heavy atom. The fraction of sp³-hybridized carbons (Fsp3) is 0.273. The molecule has 0 unspecified atom stereocenters. The van der Waals surface area contributed by atoms with Crippen molar-refractivity contribution < 1.29 is 0 Å². The molecule has 5 heteroatoms. The molecule has 0 aromatic carbocycles. The number of hydrogen-bond donors (Lipinski definition) is 1. The Balaban J connectivity index is 2.27. The average molecular weight is 234 g/mol. The van der Waals surface area contributed by atoms with E-state index in [0.717, 1.165) is 15.5 Å². The zero-order valence-electron chi connectivity index (χ0n) is 9.29. The van der Waals surface area contributed by atoms with Crippen molar-refractivity contribution in [1.82, 2.24) is 14.8 Å². The molecular weight excluding hydrogens is 220 g/mol. The Kier molecular flexibility index (Phi) is 3.26. The number of aryl methyl sites for hydroxylation is 1. The van der Waals surface area contributed by atoms with E-state index in [4.69, 9.17) is 5.73 Å². The zero-order chi connectivity index (χ0) is 11.5. The Morgan fingerprint density at radius 1 is 1.50 bits per heavy atom. The molecule has 1 atom stereocenters. The molecule has 84 valence electrons. The van der Waals surface area contributed by atoms with Gasteiger partial charge in [0.25, 0.3) is 0 Å². The zero-order valence-corrected chi connectivity index (χ0v) is 10.1. The van der Waals surface area contributed by atoms with E-state index in [1.54, 1.807) is 22.6 Å². The Bertz CT molecular complexity index is 478. The summed E-state index contributed by atoms with van der Waals surface area (Å²) in [6.45, 7) is 1.96. The van der Waals surface area contributed by atoms with Crippen LogP contribution in [0.4, 0.5) is 0 Å². The highest BCUT2D eigenvalue weighted by Crippen LogP contribution is 2.30. The van der Waals surface area contributed by atoms with Gasteiger partial charge in [-0.25, -0.2) is 4.98 Å². The van der Waals surface area contributed by atoms with Crippen LogP contribution in [-0.2, 0) is 7.05 Å². The topological polar surface area (TPSA) is 56.7 Å². The van der Waals surface area contributed by atoms with Gasteiger partial charge in [0.2, 0.25) is 0 Å². The van der Waals surface area contributed by atoms with Gasteiger partial charge in [-0.05, 0) is 13.0 Å². The molecule has 0 aliphatic carbocycles. The quantitative estimate of drug-likeness (QED) is 0.882. The van der Waals surface area contributed by atoms with Gasteiger partial charge < -0.3 is 5.73 Å². The van der Waals surface area contributed by atoms with E-state index in [0.29, 0.717) is 0 Å². The largest absolute Gasteiger partial charge is 0.324 e. The van der Waals surface area contributed by atoms with Gasteiger partial charge >= 0.3 is 0 Å². The van der Waals surface area contributed by atoms with Crippen LogP contribution in [0.15, 0.2) is 40.6 Å². The molecule has 0 fully saturated rings. The molecule has 2 N–H and O–H groups in total. The number of pyridine rings is 1. The molecule has 0 amide bonds. The molecule has 0 spiro atoms. The van der Waals surface area contributed by atoms with Crippen molar-refractivity contribution in [3.05, 3.63) is 36.3 Å². The first kappa shape index (κ1) is 11.2. The minimum absolute atomic E-state index is 0.00660. The van der Waals surface area contributed by atoms with Gasteiger partial charge in [0.15, 0.2) is 0 Å². The van der Waals surface area contributed by atoms with Crippen molar-refractivity contribution in [2.24, 2.45) is 12.8 Å². The van der Waals surface area contributed by atoms with Crippen molar-refractivity contribution in [2.45, 2.75) is 22.9 Å². The van der Waals surface area contributed by atoms with Gasteiger partial charge in [0.05, 0.1) is 11.1 Å². The lowest BCUT2D eigenvalue weighted by molar-refractivity contribution is 0.766. The standard InChI is InChI=1S/C11H14N4S/c1-8(12)10-4-3-5-13-11(10)16-9-6-14-15(2)7-9/h3-8H,12H2,1-2H3/t8-/m0/s1. The molecule has 2 aromatic heterocycles. The fourth-order valence-corrected chi connectivity index (χ4v) is 2.41. The van der Waals surface area contributed by atoms with Gasteiger partial charge in [-0.2, -0.15) is 5.10 Å². The first-order valence-electron chi connectivity index (χ1n) is 5.04. The molecule has 0 saturated carbocycles. The van der Waals surface area contributed by atoms with Crippen LogP contribution in [0.2, 0.25) is 0 Å². The maximum atomic E-state index is 5.90. The lowest BCUT2D eigenvalue weighted by atomic mass is 10.2. The van der Waals surface area contributed by atoms with E-state index >= 15 is 0 Å². The van der Waals surface area contributed by atoms with Gasteiger partial charge in [-0.3, -0.25) is 4.68 Å². The monoisotopic (exact) mass is 234 g/mol. The predicted molar refractivity (Wildman–Crippen MR) is 64.2 cm³/mol. The van der Waals surface area contributed by atoms with Crippen LogP contribution in [0.1, 0.15) is 18.5 Å². The normalized spacial score (nSPS) is 12.7. The van der Waals surface area contributed by atoms with Crippen molar-refractivity contribution in [2.75, 3.05) is 0 Å². The van der Waals surface area contributed by atoms with Gasteiger partial charge in [-0.15, -0.1) is 0 Å². The minimum Gasteiger partial charge on any atom is -0.324 e. The Hall–Kier alpha value is -1.33. The molecule has 0 aliphatic heterocycles. The summed E-state index contributed by atoms with van der Waals surface area (Å²) in [5.74, 6) is 0. The highest BCUT2D eigenvalue weighted by Gasteiger charge is 2.09. The van der Waals surface area contributed by atoms with Crippen LogP contribution in [-0.4, -0.2) is 14.8 Å². The number of hydrogen-bond acceptors (Lipinski definition) is 4. The molecule has 0 aliphatic rings. The summed E-state index contributed by atoms with van der Waals surface area (Å²) in [7, 11) is 1.90. The summed E-state index contributed by atoms with van der Waals surface area (Å²) in [5, 5.41) is 5.07. The summed E-state index contributed by atoms with van der Waals surface area (Å²) in [4.78, 5) is 5.42. The lowest BCUT2D eigenvalue weighted by Gasteiger charge is -2.09. The van der Waals surface area contributed by atoms with Crippen molar-refractivity contribution in [3.8, 4) is 0 Å². The number of nitrogens with zero attached hydrogens (tertiary/aromatic N) is 3. The van der Waals surface area contributed by atoms with Gasteiger partial charge in [-0.1, -0.05) is 17.8 Å². The second-order valence-corrected chi connectivity index (χ2v) is 4.70. The first-order valence-corrected chi connectivity index (χ1v) is 5.85. The van der Waals surface area contributed by atoms with E-state index in [9.17, 15) is 0 Å². The molecular formula is C11H14N4S. The SMILES string of the molecule is C[C@H](N)c1cccnc1Sc1cnn(C)c1. The van der Waals surface area contributed by atoms with Crippen molar-refractivity contribution in [3.63, 3.8) is 0 Å². The molecule has 2 heterocycles. The third-order valence-electron chi connectivity index (χ3n) is 2.19. The molecule has 2 rings (SSSR count). The van der Waals surface area contributed by atoms with E-state index in [1.807, 2.05) is 38.5 Å². The van der Waals surface area contributed by atoms with Crippen molar-refractivity contribution >= 4 is 11.8 Å². The summed E-state index contributed by atoms with van der Waals surface area (Å²) >= 11 is 1.59. The number of aromatic nitrogens is 3. The van der Waals surface area contributed by atoms with Crippen molar-refractivity contribution in [1.29, 1.82) is 0 Å². The molecule has 0 saturated heterocycles. The average Bonchev–Trinajstić information content (AvgIpc) is 2.64. The summed E-state index contributed by atoms with van der Waals surface area (Å²) in [5.41, 5.74) is 6.97. The molecule has 4 nitrogen and oxygen atoms in total. The second-order valence-electron chi connectivity index (χ2n) is 3.64. The third kappa shape index (κ3) is 2.43. The van der Waals surface area contributed by atoms with Crippen LogP contribution >= 0.6 is 11.8 Å². The summed E-state index contributed by atoms with van der Waals surface area (Å²) in [6.07, 6.45) is 5.57. The molecule has 0 bridgehead atoms. The molecule has 16 heavy (non-hydrogen) atoms. The highest BCUT2D eigenvalue weighted by molar-refractivity contribution is 7.99. The van der Waals surface area contributed by atoms with E-state index in [2.05, 4.69) is 10.1 Å². The lowest BCUT2D eigenvalue weighted by Crippen LogP contribution is -2.06. The van der Waals surface area contributed by atoms with Crippen LogP contribution in [0, 0.1) is 0 Å². The third-order valence-corrected chi connectivity index (χ3v) is 3.17. The summed E-state index contributed by atoms with van der Waals surface area (Å²) < 4.78 is 1.77. The van der Waals surface area contributed by atoms with Gasteiger partial charge in [0, 0.05) is 31.0 Å². The van der Waals surface area contributed by atoms with E-state index in [1.165, 1.54) is 0 Å². The van der Waals surface area contributed by atoms with Crippen LogP contribution in [0.3, 0.4) is 0 Å². The first-order chi connectivity index (χ1) is 7.66. The minimum atomic E-state index is -0.00660. The second kappa shape index (κ2) is 4.67. The maximum absolute atomic E-state index is 5.90. The molecule has 2 aromatic rings. The maximum Gasteiger partial charge on any atom is 0.106 e. The Labute approximate surface area is 98.9 Å². The van der Waals surface area contributed by atoms with E-state index < -0.39 is 0 Å². The predicted octanol–water partition coefficient (Wildman–Crippen LogP) is 1.99. The van der Waals surface area contributed by atoms with Gasteiger partial charge in [0.1, 0.15) is 5.03 Å². The highest BCUT2D eigenvalue weighted by atomic mass is 32.2. The van der Waals surface area contributed by atoms with Crippen LogP contribution in [0.25, 0.3) is 0 Å². The van der Waals surface area contributed by atoms with Crippen LogP contribution < -0.4 is 5.73 Å². The smallest absolute Gasteiger partial charge is 0.106 e. The molecule has 0 radical (unpaired) electrons. The Morgan fingerprint density at radius 3 is 2.94 bits per heavy atom. The number of nitrogens with two attached hydrogens (primary N) is 1. The van der Waals surface area contributed by atoms with E-state index in [-0.39, 0.29) is 6.04 Å². The fourth-order valence-electron chi connectivity index (χ4n) is 1.40. The van der Waals surface area contributed by atoms with Crippen LogP contribution in [0.5, 0.6) is 0 Å². The number of rotatable bonds is 3. The summed E-state index contributed by atoms with van der Waals surface area (Å²) in [6, 6.07) is 3.91.